The lowest BCUT2D eigenvalue weighted by Gasteiger charge is -2.15. The van der Waals surface area contributed by atoms with Gasteiger partial charge in [-0.2, -0.15) is 0 Å². The fraction of sp³-hybridized carbons (Fsp3) is 0.167. The number of halogens is 1. The Morgan fingerprint density at radius 3 is 2.46 bits per heavy atom. The highest BCUT2D eigenvalue weighted by molar-refractivity contribution is 6.30. The summed E-state index contributed by atoms with van der Waals surface area (Å²) in [5.41, 5.74) is 4.43. The molecule has 3 rings (SSSR count). The zero-order chi connectivity index (χ0) is 17.1. The Morgan fingerprint density at radius 2 is 1.83 bits per heavy atom. The summed E-state index contributed by atoms with van der Waals surface area (Å²) in [6.45, 7) is 4.03. The summed E-state index contributed by atoms with van der Waals surface area (Å²) in [6.07, 6.45) is 4.10. The number of anilines is 1. The Balaban J connectivity index is 1.93. The summed E-state index contributed by atoms with van der Waals surface area (Å²) in [4.78, 5) is 12.5. The molecule has 1 N–H and O–H groups in total. The van der Waals surface area contributed by atoms with Gasteiger partial charge in [-0.3, -0.25) is 9.36 Å². The van der Waals surface area contributed by atoms with E-state index in [1.165, 1.54) is 0 Å². The van der Waals surface area contributed by atoms with Crippen molar-refractivity contribution >= 4 is 23.2 Å². The number of amides is 1. The molecule has 1 heterocycles. The maximum Gasteiger partial charge on any atom is 0.255 e. The van der Waals surface area contributed by atoms with E-state index in [1.54, 1.807) is 36.9 Å². The van der Waals surface area contributed by atoms with E-state index in [1.807, 2.05) is 23.6 Å². The lowest BCUT2D eigenvalue weighted by Crippen LogP contribution is -2.14. The highest BCUT2D eigenvalue weighted by Crippen LogP contribution is 2.26. The molecule has 0 radical (unpaired) electrons. The third-order valence-electron chi connectivity index (χ3n) is 3.84. The molecule has 0 bridgehead atoms. The number of rotatable bonds is 4. The Hall–Kier alpha value is -2.66. The van der Waals surface area contributed by atoms with Crippen LogP contribution in [0.1, 0.15) is 28.4 Å². The van der Waals surface area contributed by atoms with Crippen LogP contribution in [-0.2, 0) is 6.42 Å². The van der Waals surface area contributed by atoms with Gasteiger partial charge in [0, 0.05) is 22.0 Å². The van der Waals surface area contributed by atoms with Gasteiger partial charge >= 0.3 is 0 Å². The first-order chi connectivity index (χ1) is 11.6. The second-order valence-electron chi connectivity index (χ2n) is 5.48. The van der Waals surface area contributed by atoms with Crippen LogP contribution in [-0.4, -0.2) is 20.7 Å². The Labute approximate surface area is 145 Å². The number of carbonyl (C=O) groups is 1. The van der Waals surface area contributed by atoms with Crippen LogP contribution in [0.5, 0.6) is 0 Å². The molecule has 24 heavy (non-hydrogen) atoms. The average Bonchev–Trinajstić information content (AvgIpc) is 3.11. The van der Waals surface area contributed by atoms with Crippen molar-refractivity contribution < 1.29 is 4.79 Å². The second kappa shape index (κ2) is 6.84. The first-order valence-electron chi connectivity index (χ1n) is 7.64. The molecule has 0 fully saturated rings. The van der Waals surface area contributed by atoms with E-state index in [2.05, 4.69) is 22.4 Å². The van der Waals surface area contributed by atoms with E-state index < -0.39 is 0 Å². The molecule has 3 aromatic rings. The van der Waals surface area contributed by atoms with E-state index in [4.69, 9.17) is 11.6 Å². The van der Waals surface area contributed by atoms with Crippen molar-refractivity contribution in [2.45, 2.75) is 20.3 Å². The molecule has 2 aromatic carbocycles. The molecule has 1 amide bonds. The summed E-state index contributed by atoms with van der Waals surface area (Å²) in [5, 5.41) is 11.3. The Kier molecular flexibility index (Phi) is 4.62. The van der Waals surface area contributed by atoms with Gasteiger partial charge < -0.3 is 5.32 Å². The zero-order valence-corrected chi connectivity index (χ0v) is 14.2. The van der Waals surface area contributed by atoms with Gasteiger partial charge in [0.05, 0.1) is 0 Å². The molecule has 0 saturated heterocycles. The number of benzene rings is 2. The van der Waals surface area contributed by atoms with Gasteiger partial charge in [-0.25, -0.2) is 0 Å². The zero-order valence-electron chi connectivity index (χ0n) is 13.5. The Morgan fingerprint density at radius 1 is 1.17 bits per heavy atom. The van der Waals surface area contributed by atoms with E-state index in [0.29, 0.717) is 10.6 Å². The van der Waals surface area contributed by atoms with Gasteiger partial charge in [0.1, 0.15) is 12.7 Å². The molecule has 122 valence electrons. The van der Waals surface area contributed by atoms with Gasteiger partial charge in [0.2, 0.25) is 0 Å². The van der Waals surface area contributed by atoms with Crippen LogP contribution in [0, 0.1) is 6.92 Å². The van der Waals surface area contributed by atoms with Crippen LogP contribution in [0.2, 0.25) is 5.02 Å². The van der Waals surface area contributed by atoms with Crippen molar-refractivity contribution in [3.8, 4) is 5.69 Å². The van der Waals surface area contributed by atoms with Crippen molar-refractivity contribution in [3.63, 3.8) is 0 Å². The first-order valence-corrected chi connectivity index (χ1v) is 8.01. The smallest absolute Gasteiger partial charge is 0.255 e. The molecule has 0 atom stereocenters. The third-order valence-corrected chi connectivity index (χ3v) is 4.10. The van der Waals surface area contributed by atoms with Crippen molar-refractivity contribution in [2.75, 3.05) is 5.32 Å². The van der Waals surface area contributed by atoms with Crippen LogP contribution in [0.4, 0.5) is 5.69 Å². The molecule has 0 aliphatic rings. The van der Waals surface area contributed by atoms with Gasteiger partial charge in [0.15, 0.2) is 0 Å². The quantitative estimate of drug-likeness (QED) is 0.779. The number of hydrogen-bond acceptors (Lipinski definition) is 3. The number of carbonyl (C=O) groups excluding carboxylic acids is 1. The third kappa shape index (κ3) is 3.31. The van der Waals surface area contributed by atoms with Crippen LogP contribution in [0.3, 0.4) is 0 Å². The average molecular weight is 341 g/mol. The lowest BCUT2D eigenvalue weighted by atomic mass is 10.0. The SMILES string of the molecule is CCc1cc(-n2cnnc2)cc(C)c1NC(=O)c1ccc(Cl)cc1. The summed E-state index contributed by atoms with van der Waals surface area (Å²) < 4.78 is 1.84. The Bertz CT molecular complexity index is 857. The molecule has 1 aromatic heterocycles. The van der Waals surface area contributed by atoms with Crippen LogP contribution >= 0.6 is 11.6 Å². The highest BCUT2D eigenvalue weighted by atomic mass is 35.5. The molecule has 0 saturated carbocycles. The summed E-state index contributed by atoms with van der Waals surface area (Å²) in [6, 6.07) is 10.9. The minimum absolute atomic E-state index is 0.151. The highest BCUT2D eigenvalue weighted by Gasteiger charge is 2.13. The molecular formula is C18H17ClN4O. The second-order valence-corrected chi connectivity index (χ2v) is 5.92. The van der Waals surface area contributed by atoms with Gasteiger partial charge in [0.25, 0.3) is 5.91 Å². The normalized spacial score (nSPS) is 10.6. The number of aromatic nitrogens is 3. The molecule has 0 spiro atoms. The minimum atomic E-state index is -0.151. The van der Waals surface area contributed by atoms with Gasteiger partial charge in [-0.05, 0) is 60.9 Å². The number of nitrogens with zero attached hydrogens (tertiary/aromatic N) is 3. The maximum absolute atomic E-state index is 12.5. The van der Waals surface area contributed by atoms with E-state index in [0.717, 1.165) is 28.9 Å². The van der Waals surface area contributed by atoms with Crippen molar-refractivity contribution in [3.05, 3.63) is 70.8 Å². The number of aryl methyl sites for hydroxylation is 2. The van der Waals surface area contributed by atoms with E-state index >= 15 is 0 Å². The molecule has 6 heteroatoms. The topological polar surface area (TPSA) is 59.8 Å². The molecule has 0 aliphatic carbocycles. The largest absolute Gasteiger partial charge is 0.321 e. The van der Waals surface area contributed by atoms with Gasteiger partial charge in [-0.1, -0.05) is 18.5 Å². The van der Waals surface area contributed by atoms with Gasteiger partial charge in [-0.15, -0.1) is 10.2 Å². The predicted octanol–water partition coefficient (Wildman–Crippen LogP) is 4.04. The summed E-state index contributed by atoms with van der Waals surface area (Å²) in [5.74, 6) is -0.151. The van der Waals surface area contributed by atoms with Crippen LogP contribution < -0.4 is 5.32 Å². The predicted molar refractivity (Wildman–Crippen MR) is 94.9 cm³/mol. The van der Waals surface area contributed by atoms with Crippen molar-refractivity contribution in [2.24, 2.45) is 0 Å². The summed E-state index contributed by atoms with van der Waals surface area (Å²) >= 11 is 5.87. The van der Waals surface area contributed by atoms with Crippen LogP contribution in [0.25, 0.3) is 5.69 Å². The first kappa shape index (κ1) is 16.2. The number of nitrogens with one attached hydrogen (secondary N) is 1. The standard InChI is InChI=1S/C18H17ClN4O/c1-3-13-9-16(23-10-20-21-11-23)8-12(2)17(13)22-18(24)14-4-6-15(19)7-5-14/h4-11H,3H2,1-2H3,(H,22,24). The minimum Gasteiger partial charge on any atom is -0.321 e. The summed E-state index contributed by atoms with van der Waals surface area (Å²) in [7, 11) is 0. The molecular weight excluding hydrogens is 324 g/mol. The fourth-order valence-corrected chi connectivity index (χ4v) is 2.69. The van der Waals surface area contributed by atoms with Crippen molar-refractivity contribution in [1.29, 1.82) is 0 Å². The van der Waals surface area contributed by atoms with Crippen molar-refractivity contribution in [1.82, 2.24) is 14.8 Å². The number of hydrogen-bond donors (Lipinski definition) is 1. The molecule has 0 aliphatic heterocycles. The van der Waals surface area contributed by atoms with E-state index in [9.17, 15) is 4.79 Å². The maximum atomic E-state index is 12.5. The fourth-order valence-electron chi connectivity index (χ4n) is 2.57. The van der Waals surface area contributed by atoms with Crippen LogP contribution in [0.15, 0.2) is 49.1 Å². The molecule has 5 nitrogen and oxygen atoms in total. The van der Waals surface area contributed by atoms with E-state index in [-0.39, 0.29) is 5.91 Å². The monoisotopic (exact) mass is 340 g/mol. The lowest BCUT2D eigenvalue weighted by molar-refractivity contribution is 0.102. The molecule has 0 unspecified atom stereocenters.